The average Bonchev–Trinajstić information content (AvgIpc) is 3.29. The summed E-state index contributed by atoms with van der Waals surface area (Å²) < 4.78 is 0. The summed E-state index contributed by atoms with van der Waals surface area (Å²) in [5, 5.41) is 20.1. The SMILES string of the molecule is CC12CCC3C4CCC(O)CC4=CCC3C1CCC2CCCCC1(O)CC1. The Morgan fingerprint density at radius 3 is 2.67 bits per heavy atom. The second kappa shape index (κ2) is 6.87. The monoisotopic (exact) mass is 372 g/mol. The molecule has 5 aliphatic carbocycles. The summed E-state index contributed by atoms with van der Waals surface area (Å²) in [4.78, 5) is 0. The van der Waals surface area contributed by atoms with Gasteiger partial charge in [0.1, 0.15) is 0 Å². The molecule has 0 aromatic carbocycles. The first-order valence-corrected chi connectivity index (χ1v) is 12.1. The van der Waals surface area contributed by atoms with Crippen LogP contribution in [0.1, 0.15) is 96.8 Å². The number of fused-ring (bicyclic) bond motifs is 5. The van der Waals surface area contributed by atoms with E-state index in [1.54, 1.807) is 5.57 Å². The van der Waals surface area contributed by atoms with Crippen LogP contribution in [-0.4, -0.2) is 21.9 Å². The summed E-state index contributed by atoms with van der Waals surface area (Å²) in [5.41, 5.74) is 1.95. The smallest absolute Gasteiger partial charge is 0.0650 e. The molecule has 5 rings (SSSR count). The Bertz CT molecular complexity index is 591. The van der Waals surface area contributed by atoms with Gasteiger partial charge >= 0.3 is 0 Å². The van der Waals surface area contributed by atoms with E-state index in [1.165, 1.54) is 57.8 Å². The van der Waals surface area contributed by atoms with E-state index in [2.05, 4.69) is 13.0 Å². The van der Waals surface area contributed by atoms with Gasteiger partial charge in [0.05, 0.1) is 11.7 Å². The molecule has 0 spiro atoms. The maximum absolute atomic E-state index is 10.1. The summed E-state index contributed by atoms with van der Waals surface area (Å²) >= 11 is 0. The minimum atomic E-state index is -0.250. The number of allylic oxidation sites excluding steroid dienone is 1. The number of hydrogen-bond donors (Lipinski definition) is 2. The highest BCUT2D eigenvalue weighted by Crippen LogP contribution is 2.64. The van der Waals surface area contributed by atoms with Crippen molar-refractivity contribution in [2.45, 2.75) is 109 Å². The van der Waals surface area contributed by atoms with Crippen molar-refractivity contribution in [1.29, 1.82) is 0 Å². The van der Waals surface area contributed by atoms with Gasteiger partial charge in [-0.2, -0.15) is 0 Å². The maximum atomic E-state index is 10.1. The van der Waals surface area contributed by atoms with Gasteiger partial charge in [-0.25, -0.2) is 0 Å². The molecule has 4 saturated carbocycles. The molecule has 0 heterocycles. The second-order valence-corrected chi connectivity index (χ2v) is 11.3. The molecule has 0 bridgehead atoms. The lowest BCUT2D eigenvalue weighted by Gasteiger charge is -2.54. The van der Waals surface area contributed by atoms with Crippen molar-refractivity contribution in [3.05, 3.63) is 11.6 Å². The molecular weight excluding hydrogens is 332 g/mol. The van der Waals surface area contributed by atoms with Crippen LogP contribution in [0.15, 0.2) is 11.6 Å². The fourth-order valence-electron chi connectivity index (χ4n) is 8.07. The lowest BCUT2D eigenvalue weighted by molar-refractivity contribution is -0.0201. The molecule has 2 N–H and O–H groups in total. The minimum absolute atomic E-state index is 0.0672. The van der Waals surface area contributed by atoms with Crippen LogP contribution in [0, 0.1) is 35.0 Å². The molecule has 0 saturated heterocycles. The van der Waals surface area contributed by atoms with Crippen molar-refractivity contribution < 1.29 is 10.2 Å². The van der Waals surface area contributed by atoms with Crippen LogP contribution in [0.5, 0.6) is 0 Å². The first-order valence-electron chi connectivity index (χ1n) is 12.1. The molecule has 0 aromatic rings. The maximum Gasteiger partial charge on any atom is 0.0650 e. The third kappa shape index (κ3) is 3.33. The third-order valence-electron chi connectivity index (χ3n) is 9.89. The second-order valence-electron chi connectivity index (χ2n) is 11.3. The quantitative estimate of drug-likeness (QED) is 0.485. The number of aliphatic hydroxyl groups is 2. The molecule has 0 amide bonds. The van der Waals surface area contributed by atoms with E-state index in [0.717, 1.165) is 61.7 Å². The standard InChI is InChI=1S/C25H40O2/c1-24-13-11-21-20-9-7-19(26)16-17(20)5-8-22(21)23(24)10-6-18(24)4-2-3-12-25(27)14-15-25/h5,18-23,26-27H,2-4,6-16H2,1H3. The van der Waals surface area contributed by atoms with Gasteiger partial charge in [-0.3, -0.25) is 0 Å². The van der Waals surface area contributed by atoms with E-state index in [0.29, 0.717) is 5.41 Å². The fourth-order valence-corrected chi connectivity index (χ4v) is 8.07. The van der Waals surface area contributed by atoms with Crippen LogP contribution >= 0.6 is 0 Å². The van der Waals surface area contributed by atoms with Gasteiger partial charge in [0.2, 0.25) is 0 Å². The van der Waals surface area contributed by atoms with Gasteiger partial charge in [-0.05, 0) is 112 Å². The molecule has 0 aromatic heterocycles. The lowest BCUT2D eigenvalue weighted by Crippen LogP contribution is -2.46. The Hall–Kier alpha value is -0.340. The molecular formula is C25H40O2. The van der Waals surface area contributed by atoms with Gasteiger partial charge in [-0.15, -0.1) is 0 Å². The summed E-state index contributed by atoms with van der Waals surface area (Å²) in [6.07, 6.45) is 19.9. The Kier molecular flexibility index (Phi) is 4.75. The van der Waals surface area contributed by atoms with E-state index < -0.39 is 0 Å². The Morgan fingerprint density at radius 2 is 1.85 bits per heavy atom. The van der Waals surface area contributed by atoms with E-state index in [9.17, 15) is 10.2 Å². The van der Waals surface area contributed by atoms with Gasteiger partial charge in [0.25, 0.3) is 0 Å². The summed E-state index contributed by atoms with van der Waals surface area (Å²) in [6.45, 7) is 2.64. The number of rotatable bonds is 5. The van der Waals surface area contributed by atoms with Gasteiger partial charge in [0, 0.05) is 0 Å². The zero-order valence-corrected chi connectivity index (χ0v) is 17.3. The highest BCUT2D eigenvalue weighted by molar-refractivity contribution is 5.20. The van der Waals surface area contributed by atoms with E-state index in [1.807, 2.05) is 0 Å². The molecule has 152 valence electrons. The first-order chi connectivity index (χ1) is 13.0. The van der Waals surface area contributed by atoms with Crippen molar-refractivity contribution in [2.75, 3.05) is 0 Å². The van der Waals surface area contributed by atoms with Crippen molar-refractivity contribution in [2.24, 2.45) is 35.0 Å². The van der Waals surface area contributed by atoms with Crippen LogP contribution in [0.2, 0.25) is 0 Å². The number of hydrogen-bond acceptors (Lipinski definition) is 2. The molecule has 2 heteroatoms. The molecule has 5 aliphatic rings. The lowest BCUT2D eigenvalue weighted by atomic mass is 9.51. The summed E-state index contributed by atoms with van der Waals surface area (Å²) in [6, 6.07) is 0. The minimum Gasteiger partial charge on any atom is -0.393 e. The van der Waals surface area contributed by atoms with Gasteiger partial charge in [-0.1, -0.05) is 31.4 Å². The first kappa shape index (κ1) is 18.7. The van der Waals surface area contributed by atoms with Crippen molar-refractivity contribution in [3.8, 4) is 0 Å². The van der Waals surface area contributed by atoms with Crippen molar-refractivity contribution in [1.82, 2.24) is 0 Å². The molecule has 7 unspecified atom stereocenters. The van der Waals surface area contributed by atoms with Gasteiger partial charge in [0.15, 0.2) is 0 Å². The van der Waals surface area contributed by atoms with Gasteiger partial charge < -0.3 is 10.2 Å². The third-order valence-corrected chi connectivity index (χ3v) is 9.89. The molecule has 0 radical (unpaired) electrons. The van der Waals surface area contributed by atoms with Crippen LogP contribution in [0.3, 0.4) is 0 Å². The largest absolute Gasteiger partial charge is 0.393 e. The highest BCUT2D eigenvalue weighted by Gasteiger charge is 2.55. The van der Waals surface area contributed by atoms with Crippen molar-refractivity contribution in [3.63, 3.8) is 0 Å². The number of unbranched alkanes of at least 4 members (excludes halogenated alkanes) is 1. The molecule has 2 nitrogen and oxygen atoms in total. The Balaban J connectivity index is 1.22. The average molecular weight is 373 g/mol. The predicted octanol–water partition coefficient (Wildman–Crippen LogP) is 5.62. The van der Waals surface area contributed by atoms with Crippen LogP contribution in [0.4, 0.5) is 0 Å². The molecule has 4 fully saturated rings. The van der Waals surface area contributed by atoms with Crippen LogP contribution < -0.4 is 0 Å². The topological polar surface area (TPSA) is 40.5 Å². The summed E-state index contributed by atoms with van der Waals surface area (Å²) in [7, 11) is 0. The number of aliphatic hydroxyl groups excluding tert-OH is 1. The van der Waals surface area contributed by atoms with Crippen LogP contribution in [-0.2, 0) is 0 Å². The van der Waals surface area contributed by atoms with E-state index >= 15 is 0 Å². The molecule has 0 aliphatic heterocycles. The Labute approximate surface area is 165 Å². The molecule has 7 atom stereocenters. The van der Waals surface area contributed by atoms with Crippen LogP contribution in [0.25, 0.3) is 0 Å². The van der Waals surface area contributed by atoms with E-state index in [4.69, 9.17) is 0 Å². The van der Waals surface area contributed by atoms with E-state index in [-0.39, 0.29) is 11.7 Å². The zero-order valence-electron chi connectivity index (χ0n) is 17.3. The van der Waals surface area contributed by atoms with Crippen molar-refractivity contribution >= 4 is 0 Å². The normalized spacial score (nSPS) is 47.6. The summed E-state index contributed by atoms with van der Waals surface area (Å²) in [5.74, 6) is 4.51. The Morgan fingerprint density at radius 1 is 1.00 bits per heavy atom. The predicted molar refractivity (Wildman–Crippen MR) is 109 cm³/mol. The zero-order chi connectivity index (χ0) is 18.6. The fraction of sp³-hybridized carbons (Fsp3) is 0.920. The molecule has 27 heavy (non-hydrogen) atoms. The highest BCUT2D eigenvalue weighted by atomic mass is 16.3.